The molecule has 1 nitrogen and oxygen atoms in total. The number of nitrogens with one attached hydrogen (secondary N) is 1. The predicted molar refractivity (Wildman–Crippen MR) is 47.1 cm³/mol. The summed E-state index contributed by atoms with van der Waals surface area (Å²) in [6, 6.07) is 0.542. The molecule has 0 saturated heterocycles. The van der Waals surface area contributed by atoms with E-state index < -0.39 is 0 Å². The van der Waals surface area contributed by atoms with E-state index in [4.69, 9.17) is 0 Å². The zero-order chi connectivity index (χ0) is 7.84. The van der Waals surface area contributed by atoms with Gasteiger partial charge in [0.2, 0.25) is 0 Å². The molecular weight excluding hydrogens is 134 g/mol. The third-order valence-corrected chi connectivity index (χ3v) is 2.54. The van der Waals surface area contributed by atoms with E-state index in [0.29, 0.717) is 12.0 Å². The minimum atomic E-state index is 0.542. The van der Waals surface area contributed by atoms with Crippen molar-refractivity contribution in [2.45, 2.75) is 19.9 Å². The molecule has 0 aromatic heterocycles. The molecule has 1 aliphatic heterocycles. The van der Waals surface area contributed by atoms with Gasteiger partial charge in [-0.05, 0) is 25.6 Å². The molecule has 1 aliphatic carbocycles. The molecule has 58 valence electrons. The second-order valence-electron chi connectivity index (χ2n) is 3.35. The molecule has 0 radical (unpaired) electrons. The van der Waals surface area contributed by atoms with Gasteiger partial charge in [0.05, 0.1) is 6.04 Å². The molecule has 1 heteroatoms. The lowest BCUT2D eigenvalue weighted by Gasteiger charge is -2.22. The molecule has 0 bridgehead atoms. The highest BCUT2D eigenvalue weighted by atomic mass is 14.9. The largest absolute Gasteiger partial charge is 0.384 e. The summed E-state index contributed by atoms with van der Waals surface area (Å²) in [6.07, 6.45) is 8.73. The molecule has 0 fully saturated rings. The third kappa shape index (κ3) is 0.917. The van der Waals surface area contributed by atoms with E-state index in [1.165, 1.54) is 11.1 Å². The maximum Gasteiger partial charge on any atom is 0.0569 e. The summed E-state index contributed by atoms with van der Waals surface area (Å²) < 4.78 is 0. The van der Waals surface area contributed by atoms with Crippen LogP contribution in [0.1, 0.15) is 13.8 Å². The average Bonchev–Trinajstić information content (AvgIpc) is 2.35. The van der Waals surface area contributed by atoms with E-state index in [0.717, 1.165) is 0 Å². The van der Waals surface area contributed by atoms with Gasteiger partial charge in [0, 0.05) is 5.92 Å². The van der Waals surface area contributed by atoms with Crippen molar-refractivity contribution >= 4 is 0 Å². The summed E-state index contributed by atoms with van der Waals surface area (Å²) in [5.41, 5.74) is 2.88. The zero-order valence-electron chi connectivity index (χ0n) is 6.96. The summed E-state index contributed by atoms with van der Waals surface area (Å²) in [7, 11) is 0. The van der Waals surface area contributed by atoms with Crippen molar-refractivity contribution in [1.29, 1.82) is 0 Å². The molecule has 2 unspecified atom stereocenters. The molecule has 0 saturated carbocycles. The number of fused-ring (bicyclic) bond motifs is 1. The topological polar surface area (TPSA) is 12.0 Å². The smallest absolute Gasteiger partial charge is 0.0569 e. The van der Waals surface area contributed by atoms with Crippen LogP contribution in [0.25, 0.3) is 0 Å². The molecule has 2 atom stereocenters. The Bertz CT molecular complexity index is 258. The number of hydrogen-bond donors (Lipinski definition) is 1. The Balaban J connectivity index is 2.30. The molecule has 0 spiro atoms. The summed E-state index contributed by atoms with van der Waals surface area (Å²) in [5, 5.41) is 3.38. The molecule has 11 heavy (non-hydrogen) atoms. The van der Waals surface area contributed by atoms with Crippen LogP contribution in [-0.2, 0) is 0 Å². The molecule has 2 aliphatic rings. The van der Waals surface area contributed by atoms with Crippen LogP contribution in [0.5, 0.6) is 0 Å². The van der Waals surface area contributed by atoms with Gasteiger partial charge < -0.3 is 5.32 Å². The number of hydrogen-bond acceptors (Lipinski definition) is 1. The van der Waals surface area contributed by atoms with Gasteiger partial charge in [-0.1, -0.05) is 23.8 Å². The fourth-order valence-electron chi connectivity index (χ4n) is 1.79. The van der Waals surface area contributed by atoms with Gasteiger partial charge in [-0.25, -0.2) is 0 Å². The predicted octanol–water partition coefficient (Wildman–Crippen LogP) is 1.99. The first kappa shape index (κ1) is 6.71. The molecule has 0 aromatic rings. The van der Waals surface area contributed by atoms with E-state index in [1.807, 2.05) is 0 Å². The van der Waals surface area contributed by atoms with Crippen LogP contribution < -0.4 is 5.32 Å². The maximum atomic E-state index is 3.38. The highest BCUT2D eigenvalue weighted by Crippen LogP contribution is 2.29. The van der Waals surface area contributed by atoms with Crippen LogP contribution in [0.3, 0.4) is 0 Å². The van der Waals surface area contributed by atoms with Crippen molar-refractivity contribution in [2.75, 3.05) is 0 Å². The first-order valence-corrected chi connectivity index (χ1v) is 4.07. The van der Waals surface area contributed by atoms with E-state index in [9.17, 15) is 0 Å². The average molecular weight is 147 g/mol. The van der Waals surface area contributed by atoms with Crippen LogP contribution >= 0.6 is 0 Å². The zero-order valence-corrected chi connectivity index (χ0v) is 6.96. The normalized spacial score (nSPS) is 34.0. The molecule has 1 N–H and O–H groups in total. The summed E-state index contributed by atoms with van der Waals surface area (Å²) in [4.78, 5) is 0. The van der Waals surface area contributed by atoms with Gasteiger partial charge in [-0.3, -0.25) is 0 Å². The van der Waals surface area contributed by atoms with Gasteiger partial charge in [-0.2, -0.15) is 0 Å². The minimum absolute atomic E-state index is 0.542. The molecule has 1 heterocycles. The summed E-state index contributed by atoms with van der Waals surface area (Å²) in [5.74, 6) is 0.611. The van der Waals surface area contributed by atoms with Crippen molar-refractivity contribution in [3.05, 3.63) is 35.6 Å². The van der Waals surface area contributed by atoms with E-state index in [1.54, 1.807) is 0 Å². The highest BCUT2D eigenvalue weighted by molar-refractivity contribution is 5.34. The van der Waals surface area contributed by atoms with Crippen LogP contribution in [0.15, 0.2) is 35.6 Å². The Labute approximate surface area is 67.5 Å². The van der Waals surface area contributed by atoms with Gasteiger partial charge in [0.25, 0.3) is 0 Å². The van der Waals surface area contributed by atoms with E-state index in [2.05, 4.69) is 43.6 Å². The Morgan fingerprint density at radius 3 is 2.82 bits per heavy atom. The fourth-order valence-corrected chi connectivity index (χ4v) is 1.79. The Hall–Kier alpha value is -0.980. The summed E-state index contributed by atoms with van der Waals surface area (Å²) >= 11 is 0. The Kier molecular flexibility index (Phi) is 1.38. The van der Waals surface area contributed by atoms with Gasteiger partial charge in [0.1, 0.15) is 0 Å². The van der Waals surface area contributed by atoms with Gasteiger partial charge >= 0.3 is 0 Å². The molecular formula is C10H13N. The second kappa shape index (κ2) is 2.26. The van der Waals surface area contributed by atoms with E-state index in [-0.39, 0.29) is 0 Å². The van der Waals surface area contributed by atoms with Crippen molar-refractivity contribution < 1.29 is 0 Å². The van der Waals surface area contributed by atoms with Crippen LogP contribution in [0.2, 0.25) is 0 Å². The Morgan fingerprint density at radius 1 is 1.27 bits per heavy atom. The lowest BCUT2D eigenvalue weighted by molar-refractivity contribution is 0.601. The van der Waals surface area contributed by atoms with E-state index >= 15 is 0 Å². The molecule has 2 rings (SSSR count). The Morgan fingerprint density at radius 2 is 2.09 bits per heavy atom. The number of rotatable bonds is 0. The fraction of sp³-hybridized carbons (Fsp3) is 0.400. The quantitative estimate of drug-likeness (QED) is 0.552. The second-order valence-corrected chi connectivity index (χ2v) is 3.35. The van der Waals surface area contributed by atoms with Gasteiger partial charge in [0.15, 0.2) is 0 Å². The SMILES string of the molecule is CC1=CNC2C(C)=CC=CC12. The molecule has 0 aromatic carbocycles. The van der Waals surface area contributed by atoms with Crippen LogP contribution in [-0.4, -0.2) is 6.04 Å². The summed E-state index contributed by atoms with van der Waals surface area (Å²) in [6.45, 7) is 4.36. The first-order valence-electron chi connectivity index (χ1n) is 4.07. The minimum Gasteiger partial charge on any atom is -0.384 e. The van der Waals surface area contributed by atoms with Crippen molar-refractivity contribution in [1.82, 2.24) is 5.32 Å². The highest BCUT2D eigenvalue weighted by Gasteiger charge is 2.27. The third-order valence-electron chi connectivity index (χ3n) is 2.54. The van der Waals surface area contributed by atoms with Gasteiger partial charge in [-0.15, -0.1) is 0 Å². The van der Waals surface area contributed by atoms with Crippen LogP contribution in [0.4, 0.5) is 0 Å². The van der Waals surface area contributed by atoms with Crippen molar-refractivity contribution in [2.24, 2.45) is 5.92 Å². The standard InChI is InChI=1S/C10H13N/c1-7-4-3-5-9-8(2)6-11-10(7)9/h3-6,9-11H,1-2H3. The molecule has 0 amide bonds. The monoisotopic (exact) mass is 147 g/mol. The lowest BCUT2D eigenvalue weighted by atomic mass is 9.88. The van der Waals surface area contributed by atoms with Crippen molar-refractivity contribution in [3.8, 4) is 0 Å². The van der Waals surface area contributed by atoms with Crippen molar-refractivity contribution in [3.63, 3.8) is 0 Å². The van der Waals surface area contributed by atoms with Crippen LogP contribution in [0, 0.1) is 5.92 Å². The number of allylic oxidation sites excluding steroid dienone is 2. The maximum absolute atomic E-state index is 3.38. The first-order chi connectivity index (χ1) is 5.29. The lowest BCUT2D eigenvalue weighted by Crippen LogP contribution is -2.28.